The third-order valence-electron chi connectivity index (χ3n) is 2.78. The number of hydrogen-bond acceptors (Lipinski definition) is 5. The summed E-state index contributed by atoms with van der Waals surface area (Å²) in [5, 5.41) is 14.4. The smallest absolute Gasteiger partial charge is 0.275 e. The van der Waals surface area contributed by atoms with Gasteiger partial charge in [0.25, 0.3) is 5.91 Å². The van der Waals surface area contributed by atoms with E-state index in [0.717, 1.165) is 16.1 Å². The number of hydrogen-bond donors (Lipinski definition) is 2. The Labute approximate surface area is 121 Å². The molecule has 2 rings (SSSR count). The maximum Gasteiger partial charge on any atom is 0.275 e. The first kappa shape index (κ1) is 14.6. The summed E-state index contributed by atoms with van der Waals surface area (Å²) >= 11 is 1.39. The van der Waals surface area contributed by atoms with Crippen molar-refractivity contribution in [3.8, 4) is 0 Å². The fourth-order valence-electron chi connectivity index (χ4n) is 1.69. The molecule has 1 aromatic heterocycles. The van der Waals surface area contributed by atoms with Gasteiger partial charge in [-0.2, -0.15) is 0 Å². The Morgan fingerprint density at radius 1 is 1.50 bits per heavy atom. The molecule has 106 valence electrons. The van der Waals surface area contributed by atoms with Gasteiger partial charge in [-0.15, -0.1) is 11.3 Å². The molecule has 1 heterocycles. The molecule has 2 aromatic rings. The normalized spacial score (nSPS) is 10.6. The molecule has 0 saturated carbocycles. The first-order valence-corrected chi connectivity index (χ1v) is 6.97. The minimum atomic E-state index is -0.262. The number of aliphatic hydroxyl groups is 1. The molecule has 20 heavy (non-hydrogen) atoms. The largest absolute Gasteiger partial charge is 0.392 e. The van der Waals surface area contributed by atoms with Crippen LogP contribution in [0.15, 0.2) is 23.6 Å². The Kier molecular flexibility index (Phi) is 4.84. The van der Waals surface area contributed by atoms with Crippen LogP contribution in [0.3, 0.4) is 0 Å². The Hall–Kier alpha value is -1.76. The van der Waals surface area contributed by atoms with E-state index in [9.17, 15) is 4.79 Å². The molecule has 0 aliphatic carbocycles. The Morgan fingerprint density at radius 2 is 2.30 bits per heavy atom. The molecule has 0 radical (unpaired) electrons. The van der Waals surface area contributed by atoms with Crippen molar-refractivity contribution in [2.45, 2.75) is 20.1 Å². The highest BCUT2D eigenvalue weighted by Gasteiger charge is 2.12. The Bertz CT molecular complexity index is 610. The number of thiazole rings is 1. The van der Waals surface area contributed by atoms with E-state index >= 15 is 0 Å². The number of benzene rings is 1. The zero-order valence-electron chi connectivity index (χ0n) is 11.3. The van der Waals surface area contributed by atoms with Gasteiger partial charge in [0.1, 0.15) is 10.7 Å². The molecule has 1 aromatic carbocycles. The number of carbonyl (C=O) groups is 1. The number of ether oxygens (including phenoxy) is 1. The molecule has 0 spiro atoms. The number of aliphatic hydroxyl groups excluding tert-OH is 1. The standard InChI is InChI=1S/C14H16N2O3S/c1-9-3-4-10(6-17)5-11(9)16-14(18)12-8-20-13(15-12)7-19-2/h3-5,8,17H,6-7H2,1-2H3,(H,16,18). The van der Waals surface area contributed by atoms with Gasteiger partial charge < -0.3 is 15.2 Å². The topological polar surface area (TPSA) is 71.5 Å². The highest BCUT2D eigenvalue weighted by molar-refractivity contribution is 7.09. The van der Waals surface area contributed by atoms with Crippen molar-refractivity contribution in [2.24, 2.45) is 0 Å². The average Bonchev–Trinajstić information content (AvgIpc) is 2.90. The number of carbonyl (C=O) groups excluding carboxylic acids is 1. The summed E-state index contributed by atoms with van der Waals surface area (Å²) in [6.07, 6.45) is 0. The van der Waals surface area contributed by atoms with Crippen LogP contribution in [0.1, 0.15) is 26.6 Å². The second-order valence-electron chi connectivity index (χ2n) is 4.32. The first-order valence-electron chi connectivity index (χ1n) is 6.09. The molecule has 1 amide bonds. The number of aromatic nitrogens is 1. The molecule has 0 atom stereocenters. The predicted octanol–water partition coefficient (Wildman–Crippen LogP) is 2.34. The number of rotatable bonds is 5. The van der Waals surface area contributed by atoms with Gasteiger partial charge in [0, 0.05) is 18.2 Å². The first-order chi connectivity index (χ1) is 9.63. The number of nitrogens with one attached hydrogen (secondary N) is 1. The Balaban J connectivity index is 2.14. The van der Waals surface area contributed by atoms with Gasteiger partial charge in [0.2, 0.25) is 0 Å². The van der Waals surface area contributed by atoms with Crippen molar-refractivity contribution in [2.75, 3.05) is 12.4 Å². The van der Waals surface area contributed by atoms with Gasteiger partial charge >= 0.3 is 0 Å². The fraction of sp³-hybridized carbons (Fsp3) is 0.286. The number of anilines is 1. The summed E-state index contributed by atoms with van der Waals surface area (Å²) in [4.78, 5) is 16.3. The molecular weight excluding hydrogens is 276 g/mol. The maximum atomic E-state index is 12.1. The lowest BCUT2D eigenvalue weighted by atomic mass is 10.1. The maximum absolute atomic E-state index is 12.1. The molecule has 0 aliphatic rings. The SMILES string of the molecule is COCc1nc(C(=O)Nc2cc(CO)ccc2C)cs1. The summed E-state index contributed by atoms with van der Waals surface area (Å²) in [5.41, 5.74) is 2.74. The molecule has 0 unspecified atom stereocenters. The van der Waals surface area contributed by atoms with Crippen LogP contribution in [-0.4, -0.2) is 23.1 Å². The van der Waals surface area contributed by atoms with Crippen molar-refractivity contribution < 1.29 is 14.6 Å². The molecule has 0 bridgehead atoms. The van der Waals surface area contributed by atoms with E-state index < -0.39 is 0 Å². The molecule has 0 fully saturated rings. The van der Waals surface area contributed by atoms with Gasteiger partial charge in [-0.25, -0.2) is 4.98 Å². The van der Waals surface area contributed by atoms with Crippen molar-refractivity contribution in [3.63, 3.8) is 0 Å². The van der Waals surface area contributed by atoms with Crippen LogP contribution in [0.25, 0.3) is 0 Å². The number of nitrogens with zero attached hydrogens (tertiary/aromatic N) is 1. The van der Waals surface area contributed by atoms with Crippen molar-refractivity contribution in [1.29, 1.82) is 0 Å². The third kappa shape index (κ3) is 3.41. The van der Waals surface area contributed by atoms with Crippen molar-refractivity contribution in [1.82, 2.24) is 4.98 Å². The lowest BCUT2D eigenvalue weighted by Gasteiger charge is -2.08. The minimum absolute atomic E-state index is 0.0577. The fourth-order valence-corrected chi connectivity index (χ4v) is 2.44. The van der Waals surface area contributed by atoms with Crippen LogP contribution in [0.5, 0.6) is 0 Å². The Morgan fingerprint density at radius 3 is 3.00 bits per heavy atom. The van der Waals surface area contributed by atoms with E-state index in [1.54, 1.807) is 18.6 Å². The summed E-state index contributed by atoms with van der Waals surface area (Å²) in [7, 11) is 1.59. The van der Waals surface area contributed by atoms with E-state index in [2.05, 4.69) is 10.3 Å². The van der Waals surface area contributed by atoms with Crippen LogP contribution in [0, 0.1) is 6.92 Å². The number of methoxy groups -OCH3 is 1. The molecule has 6 heteroatoms. The van der Waals surface area contributed by atoms with Crippen LogP contribution < -0.4 is 5.32 Å². The number of amides is 1. The molecular formula is C14H16N2O3S. The molecule has 0 saturated heterocycles. The van der Waals surface area contributed by atoms with Crippen molar-refractivity contribution in [3.05, 3.63) is 45.4 Å². The zero-order chi connectivity index (χ0) is 14.5. The van der Waals surface area contributed by atoms with Crippen molar-refractivity contribution >= 4 is 22.9 Å². The summed E-state index contributed by atoms with van der Waals surface area (Å²) < 4.78 is 4.98. The highest BCUT2D eigenvalue weighted by Crippen LogP contribution is 2.19. The van der Waals surface area contributed by atoms with Gasteiger partial charge in [-0.1, -0.05) is 12.1 Å². The second-order valence-corrected chi connectivity index (χ2v) is 5.26. The van der Waals surface area contributed by atoms with Gasteiger partial charge in [0.05, 0.1) is 13.2 Å². The van der Waals surface area contributed by atoms with E-state index in [1.807, 2.05) is 19.1 Å². The third-order valence-corrected chi connectivity index (χ3v) is 3.61. The lowest BCUT2D eigenvalue weighted by Crippen LogP contribution is -2.13. The number of aryl methyl sites for hydroxylation is 1. The van der Waals surface area contributed by atoms with Crippen LogP contribution in [-0.2, 0) is 18.0 Å². The van der Waals surface area contributed by atoms with Crippen LogP contribution >= 0.6 is 11.3 Å². The quantitative estimate of drug-likeness (QED) is 0.887. The van der Waals surface area contributed by atoms with E-state index in [-0.39, 0.29) is 12.5 Å². The van der Waals surface area contributed by atoms with Gasteiger partial charge in [0.15, 0.2) is 0 Å². The average molecular weight is 292 g/mol. The molecule has 2 N–H and O–H groups in total. The molecule has 5 nitrogen and oxygen atoms in total. The van der Waals surface area contributed by atoms with Gasteiger partial charge in [-0.3, -0.25) is 4.79 Å². The van der Waals surface area contributed by atoms with Crippen LogP contribution in [0.2, 0.25) is 0 Å². The van der Waals surface area contributed by atoms with Gasteiger partial charge in [-0.05, 0) is 24.1 Å². The van der Waals surface area contributed by atoms with E-state index in [1.165, 1.54) is 11.3 Å². The zero-order valence-corrected chi connectivity index (χ0v) is 12.2. The lowest BCUT2D eigenvalue weighted by molar-refractivity contribution is 0.102. The molecule has 0 aliphatic heterocycles. The summed E-state index contributed by atoms with van der Waals surface area (Å²) in [6, 6.07) is 5.44. The highest BCUT2D eigenvalue weighted by atomic mass is 32.1. The predicted molar refractivity (Wildman–Crippen MR) is 77.9 cm³/mol. The minimum Gasteiger partial charge on any atom is -0.392 e. The summed E-state index contributed by atoms with van der Waals surface area (Å²) in [6.45, 7) is 2.24. The van der Waals surface area contributed by atoms with E-state index in [4.69, 9.17) is 9.84 Å². The van der Waals surface area contributed by atoms with Crippen LogP contribution in [0.4, 0.5) is 5.69 Å². The van der Waals surface area contributed by atoms with E-state index in [0.29, 0.717) is 18.0 Å². The summed E-state index contributed by atoms with van der Waals surface area (Å²) in [5.74, 6) is -0.262. The monoisotopic (exact) mass is 292 g/mol. The second kappa shape index (κ2) is 6.60.